The molecule has 3 heteroatoms. The van der Waals surface area contributed by atoms with Crippen LogP contribution in [-0.2, 0) is 11.2 Å². The Morgan fingerprint density at radius 3 is 2.87 bits per heavy atom. The predicted molar refractivity (Wildman–Crippen MR) is 61.6 cm³/mol. The Morgan fingerprint density at radius 2 is 2.20 bits per heavy atom. The molecule has 1 rings (SSSR count). The number of nitrogens with one attached hydrogen (secondary N) is 1. The summed E-state index contributed by atoms with van der Waals surface area (Å²) < 4.78 is 0. The Kier molecular flexibility index (Phi) is 4.73. The molecule has 0 aliphatic carbocycles. The van der Waals surface area contributed by atoms with E-state index in [-0.39, 0.29) is 5.91 Å². The van der Waals surface area contributed by atoms with Crippen LogP contribution in [0.5, 0.6) is 0 Å². The van der Waals surface area contributed by atoms with Gasteiger partial charge in [0, 0.05) is 18.0 Å². The SMILES string of the molecule is C#CCCNC(=O)Cc1ccccc1Cl. The van der Waals surface area contributed by atoms with Gasteiger partial charge in [-0.25, -0.2) is 0 Å². The number of hydrogen-bond donors (Lipinski definition) is 1. The molecule has 1 aromatic rings. The molecule has 1 amide bonds. The van der Waals surface area contributed by atoms with Crippen molar-refractivity contribution in [3.63, 3.8) is 0 Å². The molecule has 0 aliphatic rings. The largest absolute Gasteiger partial charge is 0.355 e. The van der Waals surface area contributed by atoms with Crippen LogP contribution in [-0.4, -0.2) is 12.5 Å². The van der Waals surface area contributed by atoms with Crippen molar-refractivity contribution < 1.29 is 4.79 Å². The highest BCUT2D eigenvalue weighted by atomic mass is 35.5. The van der Waals surface area contributed by atoms with Crippen molar-refractivity contribution in [2.24, 2.45) is 0 Å². The normalized spacial score (nSPS) is 9.33. The van der Waals surface area contributed by atoms with Crippen molar-refractivity contribution in [2.45, 2.75) is 12.8 Å². The van der Waals surface area contributed by atoms with Gasteiger partial charge in [0.15, 0.2) is 0 Å². The molecule has 0 heterocycles. The van der Waals surface area contributed by atoms with E-state index in [4.69, 9.17) is 18.0 Å². The lowest BCUT2D eigenvalue weighted by molar-refractivity contribution is -0.120. The van der Waals surface area contributed by atoms with Gasteiger partial charge in [-0.1, -0.05) is 29.8 Å². The standard InChI is InChI=1S/C12H12ClNO/c1-2-3-8-14-12(15)9-10-6-4-5-7-11(10)13/h1,4-7H,3,8-9H2,(H,14,15). The zero-order chi connectivity index (χ0) is 11.1. The number of hydrogen-bond acceptors (Lipinski definition) is 1. The van der Waals surface area contributed by atoms with Gasteiger partial charge in [0.05, 0.1) is 6.42 Å². The van der Waals surface area contributed by atoms with Gasteiger partial charge in [0.25, 0.3) is 0 Å². The van der Waals surface area contributed by atoms with E-state index in [0.29, 0.717) is 24.4 Å². The van der Waals surface area contributed by atoms with Crippen LogP contribution >= 0.6 is 11.6 Å². The van der Waals surface area contributed by atoms with Crippen molar-refractivity contribution in [1.82, 2.24) is 5.32 Å². The molecular formula is C12H12ClNO. The lowest BCUT2D eigenvalue weighted by Crippen LogP contribution is -2.25. The number of rotatable bonds is 4. The second-order valence-electron chi connectivity index (χ2n) is 3.07. The van der Waals surface area contributed by atoms with Crippen LogP contribution in [0.4, 0.5) is 0 Å². The smallest absolute Gasteiger partial charge is 0.224 e. The molecule has 0 saturated carbocycles. The third-order valence-corrected chi connectivity index (χ3v) is 2.27. The molecule has 0 bridgehead atoms. The highest BCUT2D eigenvalue weighted by Gasteiger charge is 2.04. The maximum absolute atomic E-state index is 11.4. The number of benzene rings is 1. The molecule has 0 unspecified atom stereocenters. The Hall–Kier alpha value is -1.46. The molecule has 0 saturated heterocycles. The summed E-state index contributed by atoms with van der Waals surface area (Å²) in [4.78, 5) is 11.4. The topological polar surface area (TPSA) is 29.1 Å². The average molecular weight is 222 g/mol. The highest BCUT2D eigenvalue weighted by molar-refractivity contribution is 6.31. The van der Waals surface area contributed by atoms with Crippen LogP contribution in [0.15, 0.2) is 24.3 Å². The summed E-state index contributed by atoms with van der Waals surface area (Å²) in [5.74, 6) is 2.40. The van der Waals surface area contributed by atoms with Crippen molar-refractivity contribution in [1.29, 1.82) is 0 Å². The highest BCUT2D eigenvalue weighted by Crippen LogP contribution is 2.14. The van der Waals surface area contributed by atoms with Gasteiger partial charge < -0.3 is 5.32 Å². The van der Waals surface area contributed by atoms with Crippen molar-refractivity contribution >= 4 is 17.5 Å². The van der Waals surface area contributed by atoms with Crippen LogP contribution in [0.2, 0.25) is 5.02 Å². The summed E-state index contributed by atoms with van der Waals surface area (Å²) in [7, 11) is 0. The monoisotopic (exact) mass is 221 g/mol. The second-order valence-corrected chi connectivity index (χ2v) is 3.48. The first-order chi connectivity index (χ1) is 7.24. The Balaban J connectivity index is 2.45. The van der Waals surface area contributed by atoms with E-state index in [1.54, 1.807) is 6.07 Å². The molecule has 0 radical (unpaired) electrons. The van der Waals surface area contributed by atoms with Crippen molar-refractivity contribution in [3.05, 3.63) is 34.9 Å². The fourth-order valence-electron chi connectivity index (χ4n) is 1.15. The molecule has 1 aromatic carbocycles. The maximum atomic E-state index is 11.4. The molecule has 78 valence electrons. The molecule has 15 heavy (non-hydrogen) atoms. The molecular weight excluding hydrogens is 210 g/mol. The van der Waals surface area contributed by atoms with Crippen LogP contribution in [0.25, 0.3) is 0 Å². The quantitative estimate of drug-likeness (QED) is 0.612. The molecule has 0 aromatic heterocycles. The van der Waals surface area contributed by atoms with Gasteiger partial charge in [-0.2, -0.15) is 0 Å². The first kappa shape index (κ1) is 11.6. The minimum atomic E-state index is -0.0571. The lowest BCUT2D eigenvalue weighted by atomic mass is 10.1. The molecule has 2 nitrogen and oxygen atoms in total. The van der Waals surface area contributed by atoms with Crippen LogP contribution in [0.1, 0.15) is 12.0 Å². The van der Waals surface area contributed by atoms with Gasteiger partial charge in [-0.05, 0) is 11.6 Å². The maximum Gasteiger partial charge on any atom is 0.224 e. The molecule has 0 spiro atoms. The van der Waals surface area contributed by atoms with E-state index >= 15 is 0 Å². The number of carbonyl (C=O) groups excluding carboxylic acids is 1. The minimum Gasteiger partial charge on any atom is -0.355 e. The summed E-state index contributed by atoms with van der Waals surface area (Å²) in [6, 6.07) is 7.30. The third-order valence-electron chi connectivity index (χ3n) is 1.90. The van der Waals surface area contributed by atoms with E-state index in [0.717, 1.165) is 5.56 Å². The molecule has 0 aliphatic heterocycles. The fraction of sp³-hybridized carbons (Fsp3) is 0.250. The van der Waals surface area contributed by atoms with Gasteiger partial charge in [-0.15, -0.1) is 12.3 Å². The van der Waals surface area contributed by atoms with Gasteiger partial charge in [0.1, 0.15) is 0 Å². The Labute approximate surface area is 94.6 Å². The van der Waals surface area contributed by atoms with Gasteiger partial charge >= 0.3 is 0 Å². The number of terminal acetylenes is 1. The third kappa shape index (κ3) is 4.05. The Bertz CT molecular complexity index is 381. The van der Waals surface area contributed by atoms with E-state index < -0.39 is 0 Å². The van der Waals surface area contributed by atoms with Gasteiger partial charge in [0.2, 0.25) is 5.91 Å². The molecule has 0 atom stereocenters. The summed E-state index contributed by atoms with van der Waals surface area (Å²) in [6.07, 6.45) is 5.91. The van der Waals surface area contributed by atoms with E-state index in [1.165, 1.54) is 0 Å². The molecule has 1 N–H and O–H groups in total. The van der Waals surface area contributed by atoms with Crippen LogP contribution in [0, 0.1) is 12.3 Å². The van der Waals surface area contributed by atoms with Gasteiger partial charge in [-0.3, -0.25) is 4.79 Å². The summed E-state index contributed by atoms with van der Waals surface area (Å²) >= 11 is 5.92. The van der Waals surface area contributed by atoms with E-state index in [2.05, 4.69) is 11.2 Å². The van der Waals surface area contributed by atoms with Crippen molar-refractivity contribution in [2.75, 3.05) is 6.54 Å². The summed E-state index contributed by atoms with van der Waals surface area (Å²) in [5, 5.41) is 3.33. The average Bonchev–Trinajstić information content (AvgIpc) is 2.22. The van der Waals surface area contributed by atoms with Crippen LogP contribution < -0.4 is 5.32 Å². The number of amides is 1. The first-order valence-electron chi connectivity index (χ1n) is 4.67. The second kappa shape index (κ2) is 6.10. The summed E-state index contributed by atoms with van der Waals surface area (Å²) in [5.41, 5.74) is 0.831. The van der Waals surface area contributed by atoms with E-state index in [9.17, 15) is 4.79 Å². The summed E-state index contributed by atoms with van der Waals surface area (Å²) in [6.45, 7) is 0.514. The predicted octanol–water partition coefficient (Wildman–Crippen LogP) is 2.02. The number of carbonyl (C=O) groups is 1. The zero-order valence-corrected chi connectivity index (χ0v) is 9.05. The van der Waals surface area contributed by atoms with Crippen molar-refractivity contribution in [3.8, 4) is 12.3 Å². The zero-order valence-electron chi connectivity index (χ0n) is 8.29. The fourth-order valence-corrected chi connectivity index (χ4v) is 1.35. The first-order valence-corrected chi connectivity index (χ1v) is 5.05. The Morgan fingerprint density at radius 1 is 1.47 bits per heavy atom. The number of halogens is 1. The minimum absolute atomic E-state index is 0.0571. The van der Waals surface area contributed by atoms with Crippen LogP contribution in [0.3, 0.4) is 0 Å². The van der Waals surface area contributed by atoms with E-state index in [1.807, 2.05) is 18.2 Å². The molecule has 0 fully saturated rings. The lowest BCUT2D eigenvalue weighted by Gasteiger charge is -2.04.